The Morgan fingerprint density at radius 3 is 2.38 bits per heavy atom. The minimum absolute atomic E-state index is 0.0709. The molecule has 0 saturated heterocycles. The van der Waals surface area contributed by atoms with Crippen molar-refractivity contribution in [3.63, 3.8) is 0 Å². The predicted octanol–water partition coefficient (Wildman–Crippen LogP) is 5.06. The van der Waals surface area contributed by atoms with Crippen LogP contribution in [0.3, 0.4) is 0 Å². The van der Waals surface area contributed by atoms with Crippen molar-refractivity contribution in [1.82, 2.24) is 5.32 Å². The number of para-hydroxylation sites is 2. The van der Waals surface area contributed by atoms with Crippen LogP contribution in [0.25, 0.3) is 0 Å². The standard InChI is InChI=1S/C22H22N2O4S/c1-15(2)16-9-11-17(12-10-16)22(20-8-5-13-29-20)23-21(25)14-28-19-7-4-3-6-18(19)24(26)27/h3-13,15,22H,14H2,1-2H3,(H,23,25). The fraction of sp³-hybridized carbons (Fsp3) is 0.227. The van der Waals surface area contributed by atoms with E-state index in [0.717, 1.165) is 10.4 Å². The molecule has 0 aliphatic heterocycles. The summed E-state index contributed by atoms with van der Waals surface area (Å²) in [6.45, 7) is 3.96. The maximum atomic E-state index is 12.6. The predicted molar refractivity (Wildman–Crippen MR) is 113 cm³/mol. The van der Waals surface area contributed by atoms with Gasteiger partial charge in [-0.1, -0.05) is 56.3 Å². The van der Waals surface area contributed by atoms with Crippen LogP contribution in [0.15, 0.2) is 66.0 Å². The number of thiophene rings is 1. The summed E-state index contributed by atoms with van der Waals surface area (Å²) in [7, 11) is 0. The highest BCUT2D eigenvalue weighted by Gasteiger charge is 2.20. The summed E-state index contributed by atoms with van der Waals surface area (Å²) in [5, 5.41) is 16.0. The summed E-state index contributed by atoms with van der Waals surface area (Å²) in [6.07, 6.45) is 0. The zero-order valence-electron chi connectivity index (χ0n) is 16.2. The second kappa shape index (κ2) is 9.34. The monoisotopic (exact) mass is 410 g/mol. The number of nitro benzene ring substituents is 1. The molecular formula is C22H22N2O4S. The molecule has 0 radical (unpaired) electrons. The third-order valence-corrected chi connectivity index (χ3v) is 5.43. The average molecular weight is 410 g/mol. The van der Waals surface area contributed by atoms with Crippen molar-refractivity contribution in [1.29, 1.82) is 0 Å². The molecule has 0 bridgehead atoms. The quantitative estimate of drug-likeness (QED) is 0.415. The van der Waals surface area contributed by atoms with Crippen LogP contribution in [-0.2, 0) is 4.79 Å². The molecule has 2 aromatic carbocycles. The number of hydrogen-bond acceptors (Lipinski definition) is 5. The first-order valence-electron chi connectivity index (χ1n) is 9.24. The Labute approximate surface area is 173 Å². The normalized spacial score (nSPS) is 11.8. The van der Waals surface area contributed by atoms with Crippen molar-refractivity contribution in [2.75, 3.05) is 6.61 Å². The third-order valence-electron chi connectivity index (χ3n) is 4.49. The molecule has 7 heteroatoms. The van der Waals surface area contributed by atoms with E-state index < -0.39 is 4.92 Å². The molecular weight excluding hydrogens is 388 g/mol. The van der Waals surface area contributed by atoms with Crippen LogP contribution in [0.2, 0.25) is 0 Å². The van der Waals surface area contributed by atoms with Crippen molar-refractivity contribution in [2.45, 2.75) is 25.8 Å². The van der Waals surface area contributed by atoms with E-state index in [0.29, 0.717) is 5.92 Å². The molecule has 6 nitrogen and oxygen atoms in total. The Hall–Kier alpha value is -3.19. The van der Waals surface area contributed by atoms with Gasteiger partial charge in [0, 0.05) is 10.9 Å². The molecule has 0 fully saturated rings. The Morgan fingerprint density at radius 1 is 1.07 bits per heavy atom. The number of carbonyl (C=O) groups is 1. The topological polar surface area (TPSA) is 81.5 Å². The summed E-state index contributed by atoms with van der Waals surface area (Å²) in [5.74, 6) is 0.144. The molecule has 1 unspecified atom stereocenters. The first-order chi connectivity index (χ1) is 14.0. The second-order valence-electron chi connectivity index (χ2n) is 6.85. The zero-order valence-corrected chi connectivity index (χ0v) is 17.0. The molecule has 0 saturated carbocycles. The minimum Gasteiger partial charge on any atom is -0.477 e. The number of benzene rings is 2. The van der Waals surface area contributed by atoms with Crippen LogP contribution in [0.4, 0.5) is 5.69 Å². The van der Waals surface area contributed by atoms with Gasteiger partial charge in [-0.15, -0.1) is 11.3 Å². The number of ether oxygens (including phenoxy) is 1. The van der Waals surface area contributed by atoms with Crippen molar-refractivity contribution in [3.05, 3.63) is 92.2 Å². The number of carbonyl (C=O) groups excluding carboxylic acids is 1. The smallest absolute Gasteiger partial charge is 0.310 e. The van der Waals surface area contributed by atoms with Gasteiger partial charge in [0.15, 0.2) is 12.4 Å². The third kappa shape index (κ3) is 5.20. The molecule has 1 amide bonds. The maximum absolute atomic E-state index is 12.6. The summed E-state index contributed by atoms with van der Waals surface area (Å²) >= 11 is 1.55. The van der Waals surface area contributed by atoms with Crippen LogP contribution in [-0.4, -0.2) is 17.4 Å². The summed E-state index contributed by atoms with van der Waals surface area (Å²) in [4.78, 5) is 24.1. The number of hydrogen-bond donors (Lipinski definition) is 1. The number of nitrogens with one attached hydrogen (secondary N) is 1. The lowest BCUT2D eigenvalue weighted by molar-refractivity contribution is -0.385. The highest BCUT2D eigenvalue weighted by atomic mass is 32.1. The van der Waals surface area contributed by atoms with E-state index in [-0.39, 0.29) is 30.0 Å². The number of amides is 1. The van der Waals surface area contributed by atoms with Gasteiger partial charge in [-0.3, -0.25) is 14.9 Å². The van der Waals surface area contributed by atoms with Gasteiger partial charge in [-0.25, -0.2) is 0 Å². The van der Waals surface area contributed by atoms with E-state index in [9.17, 15) is 14.9 Å². The Balaban J connectivity index is 1.73. The molecule has 3 aromatic rings. The molecule has 1 N–H and O–H groups in total. The minimum atomic E-state index is -0.530. The summed E-state index contributed by atoms with van der Waals surface area (Å²) in [6, 6.07) is 17.8. The van der Waals surface area contributed by atoms with Crippen LogP contribution in [0.5, 0.6) is 5.75 Å². The van der Waals surface area contributed by atoms with Crippen LogP contribution >= 0.6 is 11.3 Å². The molecule has 1 atom stereocenters. The van der Waals surface area contributed by atoms with E-state index in [2.05, 4.69) is 31.3 Å². The van der Waals surface area contributed by atoms with Gasteiger partial charge in [0.05, 0.1) is 11.0 Å². The maximum Gasteiger partial charge on any atom is 0.310 e. The Morgan fingerprint density at radius 2 is 1.76 bits per heavy atom. The molecule has 0 spiro atoms. The number of nitrogens with zero attached hydrogens (tertiary/aromatic N) is 1. The molecule has 0 aliphatic rings. The van der Waals surface area contributed by atoms with E-state index in [1.807, 2.05) is 29.6 Å². The van der Waals surface area contributed by atoms with Gasteiger partial charge >= 0.3 is 5.69 Å². The lowest BCUT2D eigenvalue weighted by Gasteiger charge is -2.19. The lowest BCUT2D eigenvalue weighted by atomic mass is 9.98. The first kappa shape index (κ1) is 20.5. The van der Waals surface area contributed by atoms with E-state index in [1.54, 1.807) is 23.5 Å². The highest BCUT2D eigenvalue weighted by molar-refractivity contribution is 7.10. The molecule has 3 rings (SSSR count). The summed E-state index contributed by atoms with van der Waals surface area (Å²) < 4.78 is 5.41. The molecule has 150 valence electrons. The van der Waals surface area contributed by atoms with Gasteiger partial charge in [-0.2, -0.15) is 0 Å². The Kier molecular flexibility index (Phi) is 6.61. The molecule has 1 aromatic heterocycles. The molecule has 29 heavy (non-hydrogen) atoms. The van der Waals surface area contributed by atoms with Crippen LogP contribution in [0.1, 0.15) is 41.8 Å². The number of nitro groups is 1. The highest BCUT2D eigenvalue weighted by Crippen LogP contribution is 2.28. The van der Waals surface area contributed by atoms with E-state index in [4.69, 9.17) is 4.74 Å². The zero-order chi connectivity index (χ0) is 20.8. The van der Waals surface area contributed by atoms with Crippen molar-refractivity contribution in [3.8, 4) is 5.75 Å². The van der Waals surface area contributed by atoms with Crippen LogP contribution < -0.4 is 10.1 Å². The molecule has 0 aliphatic carbocycles. The van der Waals surface area contributed by atoms with Gasteiger partial charge in [0.25, 0.3) is 5.91 Å². The first-order valence-corrected chi connectivity index (χ1v) is 10.1. The SMILES string of the molecule is CC(C)c1ccc(C(NC(=O)COc2ccccc2[N+](=O)[O-])c2cccs2)cc1. The van der Waals surface area contributed by atoms with Crippen molar-refractivity contribution >= 4 is 22.9 Å². The fourth-order valence-electron chi connectivity index (χ4n) is 2.92. The average Bonchev–Trinajstić information content (AvgIpc) is 3.25. The number of rotatable bonds is 8. The van der Waals surface area contributed by atoms with E-state index in [1.165, 1.54) is 17.7 Å². The largest absolute Gasteiger partial charge is 0.477 e. The van der Waals surface area contributed by atoms with Crippen molar-refractivity contribution < 1.29 is 14.5 Å². The fourth-order valence-corrected chi connectivity index (χ4v) is 3.73. The van der Waals surface area contributed by atoms with E-state index >= 15 is 0 Å². The van der Waals surface area contributed by atoms with Crippen LogP contribution in [0, 0.1) is 10.1 Å². The second-order valence-corrected chi connectivity index (χ2v) is 7.83. The van der Waals surface area contributed by atoms with Gasteiger partial charge in [-0.05, 0) is 34.6 Å². The molecule has 1 heterocycles. The van der Waals surface area contributed by atoms with Gasteiger partial charge in [0.2, 0.25) is 0 Å². The van der Waals surface area contributed by atoms with Gasteiger partial charge in [0.1, 0.15) is 0 Å². The van der Waals surface area contributed by atoms with Gasteiger partial charge < -0.3 is 10.1 Å². The van der Waals surface area contributed by atoms with Crippen molar-refractivity contribution in [2.24, 2.45) is 0 Å². The lowest BCUT2D eigenvalue weighted by Crippen LogP contribution is -2.33. The summed E-state index contributed by atoms with van der Waals surface area (Å²) in [5.41, 5.74) is 2.03. The Bertz CT molecular complexity index is 969.